The quantitative estimate of drug-likeness (QED) is 0.521. The standard InChI is InChI=1S/C26H30FN7O/c1-28-25(35)18-6-4-17(5-7-18)23-19-8-11-29-24(19)32-26(31-23)30-22-14-21(27)20(15-34(22)3)16-9-12-33(2)13-10-16/h4-8,11,14,16H,9-10,12-13,15H2,1-3H3,(H,28,35)(H2,29,30,31,32). The minimum absolute atomic E-state index is 0.143. The minimum Gasteiger partial charge on any atom is -0.357 e. The van der Waals surface area contributed by atoms with E-state index in [1.54, 1.807) is 25.3 Å². The van der Waals surface area contributed by atoms with Gasteiger partial charge in [-0.3, -0.25) is 4.79 Å². The maximum atomic E-state index is 15.2. The summed E-state index contributed by atoms with van der Waals surface area (Å²) in [6.07, 6.45) is 5.34. The average Bonchev–Trinajstić information content (AvgIpc) is 3.34. The smallest absolute Gasteiger partial charge is 0.251 e. The van der Waals surface area contributed by atoms with E-state index in [0.29, 0.717) is 29.5 Å². The number of hydrogen-bond acceptors (Lipinski definition) is 6. The summed E-state index contributed by atoms with van der Waals surface area (Å²) in [6, 6.07) is 9.19. The first-order valence-electron chi connectivity index (χ1n) is 11.9. The number of aromatic amines is 1. The van der Waals surface area contributed by atoms with Crippen molar-refractivity contribution >= 4 is 22.9 Å². The minimum atomic E-state index is -0.161. The lowest BCUT2D eigenvalue weighted by atomic mass is 9.87. The van der Waals surface area contributed by atoms with E-state index in [-0.39, 0.29) is 17.7 Å². The van der Waals surface area contributed by atoms with Gasteiger partial charge in [0, 0.05) is 49.4 Å². The van der Waals surface area contributed by atoms with Crippen LogP contribution >= 0.6 is 0 Å². The topological polar surface area (TPSA) is 89.2 Å². The van der Waals surface area contributed by atoms with Crippen LogP contribution in [-0.2, 0) is 0 Å². The summed E-state index contributed by atoms with van der Waals surface area (Å²) in [4.78, 5) is 28.7. The molecule has 2 aromatic heterocycles. The van der Waals surface area contributed by atoms with E-state index in [4.69, 9.17) is 4.98 Å². The lowest BCUT2D eigenvalue weighted by molar-refractivity contribution is 0.0963. The molecule has 5 rings (SSSR count). The van der Waals surface area contributed by atoms with Gasteiger partial charge in [-0.1, -0.05) is 12.1 Å². The Balaban J connectivity index is 1.44. The van der Waals surface area contributed by atoms with Gasteiger partial charge in [-0.15, -0.1) is 0 Å². The number of carbonyl (C=O) groups is 1. The molecule has 8 nitrogen and oxygen atoms in total. The van der Waals surface area contributed by atoms with E-state index >= 15 is 4.39 Å². The molecular formula is C26H30FN7O. The highest BCUT2D eigenvalue weighted by molar-refractivity contribution is 5.96. The number of benzene rings is 1. The maximum absolute atomic E-state index is 15.2. The molecule has 1 fully saturated rings. The first-order chi connectivity index (χ1) is 16.9. The van der Waals surface area contributed by atoms with Gasteiger partial charge in [-0.05, 0) is 62.7 Å². The first-order valence-corrected chi connectivity index (χ1v) is 11.9. The Kier molecular flexibility index (Phi) is 6.25. The molecular weight excluding hydrogens is 445 g/mol. The van der Waals surface area contributed by atoms with Crippen LogP contribution in [-0.4, -0.2) is 71.4 Å². The summed E-state index contributed by atoms with van der Waals surface area (Å²) in [7, 11) is 5.67. The van der Waals surface area contributed by atoms with Crippen molar-refractivity contribution in [3.8, 4) is 11.3 Å². The number of piperidine rings is 1. The molecule has 4 heterocycles. The van der Waals surface area contributed by atoms with Gasteiger partial charge in [0.15, 0.2) is 0 Å². The number of nitrogens with one attached hydrogen (secondary N) is 3. The van der Waals surface area contributed by atoms with Crippen molar-refractivity contribution in [1.82, 2.24) is 30.1 Å². The molecule has 3 N–H and O–H groups in total. The number of likely N-dealkylation sites (N-methyl/N-ethyl adjacent to an activating group) is 1. The number of anilines is 1. The number of halogens is 1. The molecule has 182 valence electrons. The Morgan fingerprint density at radius 2 is 1.86 bits per heavy atom. The van der Waals surface area contributed by atoms with Crippen LogP contribution in [0.3, 0.4) is 0 Å². The summed E-state index contributed by atoms with van der Waals surface area (Å²) < 4.78 is 15.2. The highest BCUT2D eigenvalue weighted by atomic mass is 19.1. The molecule has 0 aliphatic carbocycles. The van der Waals surface area contributed by atoms with E-state index < -0.39 is 0 Å². The SMILES string of the molecule is CNC(=O)c1ccc(-c2nc(NC3=CC(F)=C(C4CCN(C)CC4)CN3C)nc3[nH]ccc23)cc1. The van der Waals surface area contributed by atoms with Gasteiger partial charge in [-0.25, -0.2) is 9.37 Å². The molecule has 0 atom stereocenters. The van der Waals surface area contributed by atoms with Crippen LogP contribution in [0.1, 0.15) is 23.2 Å². The van der Waals surface area contributed by atoms with Crippen molar-refractivity contribution in [2.75, 3.05) is 46.1 Å². The van der Waals surface area contributed by atoms with Crippen LogP contribution in [0.15, 0.2) is 59.8 Å². The molecule has 0 bridgehead atoms. The van der Waals surface area contributed by atoms with Crippen molar-refractivity contribution < 1.29 is 9.18 Å². The average molecular weight is 476 g/mol. The van der Waals surface area contributed by atoms with Gasteiger partial charge in [-0.2, -0.15) is 4.98 Å². The van der Waals surface area contributed by atoms with Gasteiger partial charge in [0.25, 0.3) is 5.91 Å². The lowest BCUT2D eigenvalue weighted by Crippen LogP contribution is -2.36. The molecule has 0 spiro atoms. The second-order valence-electron chi connectivity index (χ2n) is 9.25. The van der Waals surface area contributed by atoms with E-state index in [1.807, 2.05) is 36.3 Å². The third-order valence-corrected chi connectivity index (χ3v) is 6.90. The Morgan fingerprint density at radius 1 is 1.11 bits per heavy atom. The van der Waals surface area contributed by atoms with Crippen LogP contribution in [0.2, 0.25) is 0 Å². The van der Waals surface area contributed by atoms with Crippen LogP contribution in [0.4, 0.5) is 10.3 Å². The van der Waals surface area contributed by atoms with E-state index in [2.05, 4.69) is 32.5 Å². The molecule has 9 heteroatoms. The predicted molar refractivity (Wildman–Crippen MR) is 135 cm³/mol. The third-order valence-electron chi connectivity index (χ3n) is 6.90. The fraction of sp³-hybridized carbons (Fsp3) is 0.346. The summed E-state index contributed by atoms with van der Waals surface area (Å²) >= 11 is 0. The van der Waals surface area contributed by atoms with Gasteiger partial charge >= 0.3 is 0 Å². The van der Waals surface area contributed by atoms with Crippen LogP contribution in [0.5, 0.6) is 0 Å². The lowest BCUT2D eigenvalue weighted by Gasteiger charge is -2.35. The number of amides is 1. The van der Waals surface area contributed by atoms with Gasteiger partial charge in [0.1, 0.15) is 17.3 Å². The van der Waals surface area contributed by atoms with Crippen molar-refractivity contribution in [1.29, 1.82) is 0 Å². The molecule has 2 aliphatic rings. The highest BCUT2D eigenvalue weighted by Gasteiger charge is 2.27. The first kappa shape index (κ1) is 23.0. The Morgan fingerprint density at radius 3 is 2.57 bits per heavy atom. The Labute approximate surface area is 203 Å². The molecule has 1 saturated heterocycles. The zero-order valence-electron chi connectivity index (χ0n) is 20.2. The zero-order valence-corrected chi connectivity index (χ0v) is 20.2. The van der Waals surface area contributed by atoms with Gasteiger partial charge in [0.05, 0.1) is 5.69 Å². The molecule has 0 unspecified atom stereocenters. The molecule has 1 amide bonds. The van der Waals surface area contributed by atoms with Crippen molar-refractivity contribution in [2.24, 2.45) is 5.92 Å². The number of fused-ring (bicyclic) bond motifs is 1. The van der Waals surface area contributed by atoms with Gasteiger partial charge in [0.2, 0.25) is 5.95 Å². The summed E-state index contributed by atoms with van der Waals surface area (Å²) in [5.41, 5.74) is 3.71. The summed E-state index contributed by atoms with van der Waals surface area (Å²) in [5.74, 6) is 0.966. The number of H-pyrrole nitrogens is 1. The highest BCUT2D eigenvalue weighted by Crippen LogP contribution is 2.33. The fourth-order valence-electron chi connectivity index (χ4n) is 4.81. The molecule has 1 aromatic carbocycles. The monoisotopic (exact) mass is 475 g/mol. The van der Waals surface area contributed by atoms with Crippen LogP contribution in [0.25, 0.3) is 22.3 Å². The number of rotatable bonds is 5. The second-order valence-corrected chi connectivity index (χ2v) is 9.25. The van der Waals surface area contributed by atoms with Crippen LogP contribution < -0.4 is 10.6 Å². The summed E-state index contributed by atoms with van der Waals surface area (Å²) in [5, 5.41) is 6.71. The number of aromatic nitrogens is 3. The molecule has 3 aromatic rings. The summed E-state index contributed by atoms with van der Waals surface area (Å²) in [6.45, 7) is 2.53. The van der Waals surface area contributed by atoms with Crippen LogP contribution in [0, 0.1) is 5.92 Å². The normalized spacial score (nSPS) is 17.6. The van der Waals surface area contributed by atoms with Crippen molar-refractivity contribution in [3.63, 3.8) is 0 Å². The molecule has 2 aliphatic heterocycles. The number of carbonyl (C=O) groups excluding carboxylic acids is 1. The zero-order chi connectivity index (χ0) is 24.5. The van der Waals surface area contributed by atoms with E-state index in [9.17, 15) is 4.79 Å². The number of likely N-dealkylation sites (tertiary alicyclic amines) is 1. The number of allylic oxidation sites excluding steroid dienone is 2. The Hall–Kier alpha value is -3.72. The third kappa shape index (κ3) is 4.64. The van der Waals surface area contributed by atoms with Gasteiger partial charge < -0.3 is 25.4 Å². The molecule has 0 saturated carbocycles. The van der Waals surface area contributed by atoms with E-state index in [0.717, 1.165) is 48.1 Å². The molecule has 35 heavy (non-hydrogen) atoms. The maximum Gasteiger partial charge on any atom is 0.251 e. The predicted octanol–water partition coefficient (Wildman–Crippen LogP) is 3.75. The number of nitrogens with zero attached hydrogens (tertiary/aromatic N) is 4. The van der Waals surface area contributed by atoms with Crippen molar-refractivity contribution in [2.45, 2.75) is 12.8 Å². The van der Waals surface area contributed by atoms with E-state index in [1.165, 1.54) is 0 Å². The Bertz CT molecular complexity index is 1300. The molecule has 0 radical (unpaired) electrons. The largest absolute Gasteiger partial charge is 0.357 e. The second kappa shape index (κ2) is 9.50. The van der Waals surface area contributed by atoms with Crippen molar-refractivity contribution in [3.05, 3.63) is 65.4 Å². The number of hydrogen-bond donors (Lipinski definition) is 3. The fourth-order valence-corrected chi connectivity index (χ4v) is 4.81.